The fraction of sp³-hybridized carbons (Fsp3) is 0.111. The Balaban J connectivity index is 1.80. The number of para-hydroxylation sites is 1. The summed E-state index contributed by atoms with van der Waals surface area (Å²) < 4.78 is 0. The van der Waals surface area contributed by atoms with Gasteiger partial charge >= 0.3 is 0 Å². The van der Waals surface area contributed by atoms with E-state index in [1.807, 2.05) is 62.4 Å². The maximum atomic E-state index is 12.3. The highest BCUT2D eigenvalue weighted by Crippen LogP contribution is 2.19. The fourth-order valence-corrected chi connectivity index (χ4v) is 2.21. The second-order valence-corrected chi connectivity index (χ2v) is 5.30. The van der Waals surface area contributed by atoms with Crippen LogP contribution in [0.2, 0.25) is 0 Å². The van der Waals surface area contributed by atoms with Crippen LogP contribution in [-0.2, 0) is 0 Å². The zero-order chi connectivity index (χ0) is 15.5. The summed E-state index contributed by atoms with van der Waals surface area (Å²) in [7, 11) is 0. The van der Waals surface area contributed by atoms with Gasteiger partial charge in [0.25, 0.3) is 5.91 Å². The van der Waals surface area contributed by atoms with Crippen molar-refractivity contribution < 1.29 is 4.79 Å². The van der Waals surface area contributed by atoms with E-state index in [-0.39, 0.29) is 5.91 Å². The number of amides is 1. The second kappa shape index (κ2) is 5.85. The predicted molar refractivity (Wildman–Crippen MR) is 87.9 cm³/mol. The lowest BCUT2D eigenvalue weighted by Gasteiger charge is -2.06. The summed E-state index contributed by atoms with van der Waals surface area (Å²) in [6, 6.07) is 17.5. The topological polar surface area (TPSA) is 57.8 Å². The number of aromatic nitrogens is 2. The number of hydrogen-bond acceptors (Lipinski definition) is 2. The Kier molecular flexibility index (Phi) is 3.74. The molecule has 4 nitrogen and oxygen atoms in total. The molecule has 0 saturated heterocycles. The summed E-state index contributed by atoms with van der Waals surface area (Å²) in [5, 5.41) is 9.90. The van der Waals surface area contributed by atoms with Crippen molar-refractivity contribution in [2.24, 2.45) is 0 Å². The van der Waals surface area contributed by atoms with E-state index < -0.39 is 0 Å². The molecule has 0 atom stereocenters. The van der Waals surface area contributed by atoms with Crippen molar-refractivity contribution in [1.29, 1.82) is 0 Å². The molecule has 0 spiro atoms. The number of hydrogen-bond donors (Lipinski definition) is 2. The summed E-state index contributed by atoms with van der Waals surface area (Å²) in [6.45, 7) is 4.00. The predicted octanol–water partition coefficient (Wildman–Crippen LogP) is 3.95. The van der Waals surface area contributed by atoms with Crippen LogP contribution in [0.5, 0.6) is 0 Å². The first-order valence-corrected chi connectivity index (χ1v) is 7.13. The lowest BCUT2D eigenvalue weighted by molar-refractivity contribution is 0.102. The SMILES string of the molecule is Cc1ccc(-c2cc(C(=O)Nc3ccccc3C)[nH]n2)cc1. The minimum absolute atomic E-state index is 0.194. The summed E-state index contributed by atoms with van der Waals surface area (Å²) in [4.78, 5) is 12.3. The van der Waals surface area contributed by atoms with Gasteiger partial charge in [-0.15, -0.1) is 0 Å². The summed E-state index contributed by atoms with van der Waals surface area (Å²) in [5.74, 6) is -0.194. The highest BCUT2D eigenvalue weighted by atomic mass is 16.1. The number of aromatic amines is 1. The van der Waals surface area contributed by atoms with Crippen molar-refractivity contribution in [3.05, 3.63) is 71.4 Å². The molecule has 110 valence electrons. The number of nitrogens with one attached hydrogen (secondary N) is 2. The van der Waals surface area contributed by atoms with E-state index in [4.69, 9.17) is 0 Å². The number of anilines is 1. The Bertz CT molecular complexity index is 803. The highest BCUT2D eigenvalue weighted by Gasteiger charge is 2.12. The Labute approximate surface area is 129 Å². The largest absolute Gasteiger partial charge is 0.320 e. The van der Waals surface area contributed by atoms with Gasteiger partial charge in [-0.3, -0.25) is 9.89 Å². The van der Waals surface area contributed by atoms with E-state index in [2.05, 4.69) is 15.5 Å². The van der Waals surface area contributed by atoms with Gasteiger partial charge in [-0.05, 0) is 31.5 Å². The van der Waals surface area contributed by atoms with Crippen LogP contribution in [0.15, 0.2) is 54.6 Å². The molecule has 1 heterocycles. The van der Waals surface area contributed by atoms with Gasteiger partial charge in [0, 0.05) is 11.3 Å². The van der Waals surface area contributed by atoms with Crippen LogP contribution in [0.25, 0.3) is 11.3 Å². The van der Waals surface area contributed by atoms with E-state index in [1.54, 1.807) is 6.07 Å². The maximum Gasteiger partial charge on any atom is 0.273 e. The third-order valence-corrected chi connectivity index (χ3v) is 3.56. The Morgan fingerprint density at radius 1 is 1.05 bits per heavy atom. The van der Waals surface area contributed by atoms with Gasteiger partial charge in [0.2, 0.25) is 0 Å². The smallest absolute Gasteiger partial charge is 0.273 e. The van der Waals surface area contributed by atoms with Crippen LogP contribution < -0.4 is 5.32 Å². The van der Waals surface area contributed by atoms with E-state index >= 15 is 0 Å². The summed E-state index contributed by atoms with van der Waals surface area (Å²) in [6.07, 6.45) is 0. The number of carbonyl (C=O) groups is 1. The third-order valence-electron chi connectivity index (χ3n) is 3.56. The Morgan fingerprint density at radius 2 is 1.77 bits per heavy atom. The minimum Gasteiger partial charge on any atom is -0.320 e. The molecule has 0 aliphatic rings. The molecule has 0 saturated carbocycles. The molecule has 0 aliphatic carbocycles. The zero-order valence-electron chi connectivity index (χ0n) is 12.6. The number of rotatable bonds is 3. The van der Waals surface area contributed by atoms with Crippen molar-refractivity contribution >= 4 is 11.6 Å². The molecule has 2 N–H and O–H groups in total. The molecule has 2 aromatic carbocycles. The van der Waals surface area contributed by atoms with Crippen LogP contribution in [0.4, 0.5) is 5.69 Å². The Morgan fingerprint density at radius 3 is 2.50 bits per heavy atom. The molecule has 0 unspecified atom stereocenters. The average molecular weight is 291 g/mol. The molecule has 3 rings (SSSR count). The number of nitrogens with zero attached hydrogens (tertiary/aromatic N) is 1. The monoisotopic (exact) mass is 291 g/mol. The second-order valence-electron chi connectivity index (χ2n) is 5.30. The van der Waals surface area contributed by atoms with Gasteiger partial charge in [-0.1, -0.05) is 48.0 Å². The van der Waals surface area contributed by atoms with Crippen LogP contribution in [0, 0.1) is 13.8 Å². The van der Waals surface area contributed by atoms with Crippen molar-refractivity contribution in [3.8, 4) is 11.3 Å². The molecule has 4 heteroatoms. The van der Waals surface area contributed by atoms with Gasteiger partial charge < -0.3 is 5.32 Å². The highest BCUT2D eigenvalue weighted by molar-refractivity contribution is 6.03. The number of aryl methyl sites for hydroxylation is 2. The van der Waals surface area contributed by atoms with Crippen LogP contribution in [0.1, 0.15) is 21.6 Å². The third kappa shape index (κ3) is 2.91. The fourth-order valence-electron chi connectivity index (χ4n) is 2.21. The van der Waals surface area contributed by atoms with Crippen LogP contribution in [-0.4, -0.2) is 16.1 Å². The molecular weight excluding hydrogens is 274 g/mol. The van der Waals surface area contributed by atoms with Gasteiger partial charge in [0.1, 0.15) is 5.69 Å². The molecule has 1 aromatic heterocycles. The minimum atomic E-state index is -0.194. The summed E-state index contributed by atoms with van der Waals surface area (Å²) in [5.41, 5.74) is 5.20. The van der Waals surface area contributed by atoms with Crippen LogP contribution >= 0.6 is 0 Å². The number of carbonyl (C=O) groups excluding carboxylic acids is 1. The lowest BCUT2D eigenvalue weighted by atomic mass is 10.1. The molecule has 1 amide bonds. The van der Waals surface area contributed by atoms with Gasteiger partial charge in [-0.2, -0.15) is 5.10 Å². The molecule has 3 aromatic rings. The van der Waals surface area contributed by atoms with Crippen molar-refractivity contribution in [3.63, 3.8) is 0 Å². The first-order chi connectivity index (χ1) is 10.6. The van der Waals surface area contributed by atoms with Crippen molar-refractivity contribution in [2.75, 3.05) is 5.32 Å². The summed E-state index contributed by atoms with van der Waals surface area (Å²) >= 11 is 0. The van der Waals surface area contributed by atoms with Crippen LogP contribution in [0.3, 0.4) is 0 Å². The average Bonchev–Trinajstić information content (AvgIpc) is 3.00. The molecule has 22 heavy (non-hydrogen) atoms. The molecule has 0 radical (unpaired) electrons. The first kappa shape index (κ1) is 14.1. The van der Waals surface area contributed by atoms with Gasteiger partial charge in [0.05, 0.1) is 5.69 Å². The molecule has 0 bridgehead atoms. The number of benzene rings is 2. The van der Waals surface area contributed by atoms with Crippen molar-refractivity contribution in [1.82, 2.24) is 10.2 Å². The first-order valence-electron chi connectivity index (χ1n) is 7.13. The van der Waals surface area contributed by atoms with Gasteiger partial charge in [0.15, 0.2) is 0 Å². The standard InChI is InChI=1S/C18H17N3O/c1-12-7-9-14(10-8-12)16-11-17(21-20-16)18(22)19-15-6-4-3-5-13(15)2/h3-11H,1-2H3,(H,19,22)(H,20,21). The van der Waals surface area contributed by atoms with Gasteiger partial charge in [-0.25, -0.2) is 0 Å². The normalized spacial score (nSPS) is 10.5. The number of H-pyrrole nitrogens is 1. The Hall–Kier alpha value is -2.88. The quantitative estimate of drug-likeness (QED) is 0.767. The molecule has 0 fully saturated rings. The molecule has 0 aliphatic heterocycles. The zero-order valence-corrected chi connectivity index (χ0v) is 12.6. The molecular formula is C18H17N3O. The van der Waals surface area contributed by atoms with E-state index in [1.165, 1.54) is 5.56 Å². The van der Waals surface area contributed by atoms with Crippen molar-refractivity contribution in [2.45, 2.75) is 13.8 Å². The van der Waals surface area contributed by atoms with E-state index in [9.17, 15) is 4.79 Å². The maximum absolute atomic E-state index is 12.3. The van der Waals surface area contributed by atoms with E-state index in [0.717, 1.165) is 22.5 Å². The lowest BCUT2D eigenvalue weighted by Crippen LogP contribution is -2.13. The van der Waals surface area contributed by atoms with E-state index in [0.29, 0.717) is 5.69 Å².